The molecule has 0 saturated heterocycles. The molecule has 0 unspecified atom stereocenters. The Hall–Kier alpha value is -8.61. The van der Waals surface area contributed by atoms with E-state index in [4.69, 9.17) is 27.3 Å². The molecule has 6 heteroatoms. The van der Waals surface area contributed by atoms with Gasteiger partial charge in [-0.25, -0.2) is 15.0 Å². The van der Waals surface area contributed by atoms with E-state index in [0.29, 0.717) is 61.9 Å². The SMILES string of the molecule is [2H]C([2H])([2H])c1ccc2c(c1)c1cc(C([2H])([2H])[2H])ccc1n2-c1cc(-c2nc(-c3ccccc3)nc(-c3ccccc3)n2)cc(-n2c3ccc(C)cc3c3cc(C)ccc32)c1-n1c2ccc(C)cc2c2cc(C([2H])([2H])[2H])ccc21. The summed E-state index contributed by atoms with van der Waals surface area (Å²) in [5, 5.41) is 4.75. The molecule has 4 aromatic heterocycles. The zero-order valence-corrected chi connectivity index (χ0v) is 38.0. The number of fused-ring (bicyclic) bond motifs is 9. The van der Waals surface area contributed by atoms with Crippen molar-refractivity contribution in [3.63, 3.8) is 0 Å². The first-order valence-electron chi connectivity index (χ1n) is 27.5. The lowest BCUT2D eigenvalue weighted by molar-refractivity contribution is 1.04. The summed E-state index contributed by atoms with van der Waals surface area (Å²) in [4.78, 5) is 15.7. The molecule has 69 heavy (non-hydrogen) atoms. The maximum atomic E-state index is 8.55. The normalized spacial score (nSPS) is 14.4. The van der Waals surface area contributed by atoms with Gasteiger partial charge in [0.25, 0.3) is 0 Å². The van der Waals surface area contributed by atoms with E-state index in [1.165, 1.54) is 0 Å². The summed E-state index contributed by atoms with van der Waals surface area (Å²) in [5.41, 5.74) is 12.4. The van der Waals surface area contributed by atoms with Gasteiger partial charge in [-0.05, 0) is 126 Å². The maximum absolute atomic E-state index is 8.55. The summed E-state index contributed by atoms with van der Waals surface area (Å²) in [5.74, 6) is 1.30. The van der Waals surface area contributed by atoms with Gasteiger partial charge in [0.2, 0.25) is 0 Å². The first-order valence-corrected chi connectivity index (χ1v) is 23.0. The van der Waals surface area contributed by atoms with Crippen LogP contribution >= 0.6 is 0 Å². The molecule has 0 bridgehead atoms. The van der Waals surface area contributed by atoms with E-state index in [-0.39, 0.29) is 16.7 Å². The minimum absolute atomic E-state index is 0.105. The number of benzene rings is 9. The van der Waals surface area contributed by atoms with Crippen LogP contribution in [0.2, 0.25) is 0 Å². The summed E-state index contributed by atoms with van der Waals surface area (Å²) in [6.45, 7) is -1.15. The van der Waals surface area contributed by atoms with Crippen LogP contribution in [0.3, 0.4) is 0 Å². The van der Waals surface area contributed by atoms with E-state index in [9.17, 15) is 0 Å². The van der Waals surface area contributed by atoms with Crippen molar-refractivity contribution < 1.29 is 12.3 Å². The van der Waals surface area contributed by atoms with Crippen LogP contribution in [0.25, 0.3) is 117 Å². The van der Waals surface area contributed by atoms with E-state index in [1.807, 2.05) is 73.7 Å². The highest BCUT2D eigenvalue weighted by Crippen LogP contribution is 2.45. The quantitative estimate of drug-likeness (QED) is 0.167. The molecule has 0 aliphatic carbocycles. The Labute approximate surface area is 413 Å². The van der Waals surface area contributed by atoms with Crippen LogP contribution in [0.1, 0.15) is 45.7 Å². The van der Waals surface area contributed by atoms with Gasteiger partial charge in [-0.1, -0.05) is 130 Å². The zero-order chi connectivity index (χ0) is 54.2. The molecule has 6 nitrogen and oxygen atoms in total. The molecule has 330 valence electrons. The molecule has 0 spiro atoms. The average molecular weight is 898 g/mol. The van der Waals surface area contributed by atoms with Crippen LogP contribution in [0, 0.1) is 41.3 Å². The lowest BCUT2D eigenvalue weighted by Gasteiger charge is -2.23. The molecule has 9 aromatic carbocycles. The van der Waals surface area contributed by atoms with Crippen molar-refractivity contribution in [3.8, 4) is 51.2 Å². The first-order chi connectivity index (χ1) is 37.3. The second-order valence-corrected chi connectivity index (χ2v) is 18.2. The molecule has 13 aromatic rings. The number of aromatic nitrogens is 6. The van der Waals surface area contributed by atoms with Gasteiger partial charge in [0, 0.05) is 61.3 Å². The molecule has 13 rings (SSSR count). The van der Waals surface area contributed by atoms with E-state index in [2.05, 4.69) is 94.3 Å². The molecule has 0 N–H and O–H groups in total. The van der Waals surface area contributed by atoms with Crippen molar-refractivity contribution >= 4 is 65.4 Å². The summed E-state index contributed by atoms with van der Waals surface area (Å²) in [6.07, 6.45) is 0. The molecule has 0 amide bonds. The van der Waals surface area contributed by atoms with Crippen LogP contribution in [0.5, 0.6) is 0 Å². The van der Waals surface area contributed by atoms with Gasteiger partial charge in [0.15, 0.2) is 17.5 Å². The fourth-order valence-corrected chi connectivity index (χ4v) is 10.4. The van der Waals surface area contributed by atoms with Crippen LogP contribution in [0.4, 0.5) is 0 Å². The fraction of sp³-hybridized carbons (Fsp3) is 0.0952. The second-order valence-electron chi connectivity index (χ2n) is 18.2. The summed E-state index contributed by atoms with van der Waals surface area (Å²) in [6, 6.07) is 58.3. The molecular weight excluding hydrogens is 841 g/mol. The topological polar surface area (TPSA) is 53.5 Å². The molecule has 0 aliphatic heterocycles. The third-order valence-corrected chi connectivity index (χ3v) is 13.5. The van der Waals surface area contributed by atoms with Gasteiger partial charge in [-0.15, -0.1) is 0 Å². The number of aryl methyl sites for hydroxylation is 6. The minimum atomic E-state index is -2.48. The Bertz CT molecular complexity index is 4410. The number of hydrogen-bond acceptors (Lipinski definition) is 3. The minimum Gasteiger partial charge on any atom is -0.307 e. The van der Waals surface area contributed by atoms with Crippen molar-refractivity contribution in [2.24, 2.45) is 0 Å². The van der Waals surface area contributed by atoms with Crippen molar-refractivity contribution in [2.75, 3.05) is 0 Å². The second kappa shape index (κ2) is 15.5. The van der Waals surface area contributed by atoms with Crippen LogP contribution in [0.15, 0.2) is 182 Å². The van der Waals surface area contributed by atoms with Gasteiger partial charge in [0.05, 0.1) is 50.2 Å². The van der Waals surface area contributed by atoms with Gasteiger partial charge >= 0.3 is 0 Å². The van der Waals surface area contributed by atoms with Crippen molar-refractivity contribution in [1.82, 2.24) is 28.7 Å². The predicted molar refractivity (Wildman–Crippen MR) is 288 cm³/mol. The van der Waals surface area contributed by atoms with Gasteiger partial charge in [-0.3, -0.25) is 0 Å². The first kappa shape index (κ1) is 32.2. The largest absolute Gasteiger partial charge is 0.307 e. The molecule has 4 heterocycles. The van der Waals surface area contributed by atoms with E-state index >= 15 is 0 Å². The Morgan fingerprint density at radius 1 is 0.304 bits per heavy atom. The fourth-order valence-electron chi connectivity index (χ4n) is 10.4. The molecule has 0 fully saturated rings. The highest BCUT2D eigenvalue weighted by Gasteiger charge is 2.27. The Morgan fingerprint density at radius 3 is 0.928 bits per heavy atom. The summed E-state index contributed by atoms with van der Waals surface area (Å²) >= 11 is 0. The van der Waals surface area contributed by atoms with Gasteiger partial charge < -0.3 is 13.7 Å². The average Bonchev–Trinajstić information content (AvgIpc) is 3.97. The third-order valence-electron chi connectivity index (χ3n) is 13.5. The monoisotopic (exact) mass is 897 g/mol. The van der Waals surface area contributed by atoms with Crippen LogP contribution in [-0.2, 0) is 0 Å². The highest BCUT2D eigenvalue weighted by atomic mass is 15.1. The van der Waals surface area contributed by atoms with E-state index in [0.717, 1.165) is 71.4 Å². The van der Waals surface area contributed by atoms with Gasteiger partial charge in [-0.2, -0.15) is 0 Å². The third kappa shape index (κ3) is 6.51. The van der Waals surface area contributed by atoms with Crippen molar-refractivity contribution in [3.05, 3.63) is 215 Å². The molecule has 0 atom stereocenters. The maximum Gasteiger partial charge on any atom is 0.164 e. The zero-order valence-electron chi connectivity index (χ0n) is 47.0. The number of rotatable bonds is 6. The lowest BCUT2D eigenvalue weighted by atomic mass is 10.1. The van der Waals surface area contributed by atoms with Crippen molar-refractivity contribution in [1.29, 1.82) is 0 Å². The molecule has 0 aliphatic rings. The van der Waals surface area contributed by atoms with Gasteiger partial charge in [0.1, 0.15) is 0 Å². The Balaban J connectivity index is 1.28. The van der Waals surface area contributed by atoms with Crippen LogP contribution < -0.4 is 0 Å². The standard InChI is InChI=1S/C63H48N6/c1-37-17-23-52-46(29-37)47-30-38(2)18-24-53(47)67(52)58-35-45(63-65-61(43-13-9-7-10-14-43)64-62(66-63)44-15-11-8-12-16-44)36-59(68-54-25-19-39(3)31-48(54)49-32-40(4)20-26-55(49)68)60(58)69-56-27-21-41(5)33-50(56)51-34-42(6)22-28-57(51)69/h7-36H,1-6H3/i1D3,2D3,5D3. The van der Waals surface area contributed by atoms with Crippen molar-refractivity contribution in [2.45, 2.75) is 41.3 Å². The lowest BCUT2D eigenvalue weighted by Crippen LogP contribution is -2.10. The Kier molecular flexibility index (Phi) is 7.21. The Morgan fingerprint density at radius 2 is 0.594 bits per heavy atom. The summed E-state index contributed by atoms with van der Waals surface area (Å²) < 4.78 is 83.5. The van der Waals surface area contributed by atoms with Crippen LogP contribution in [-0.4, -0.2) is 28.7 Å². The number of hydrogen-bond donors (Lipinski definition) is 0. The smallest absolute Gasteiger partial charge is 0.164 e. The molecular formula is C63H48N6. The molecule has 0 saturated carbocycles. The summed E-state index contributed by atoms with van der Waals surface area (Å²) in [7, 11) is 0. The van der Waals surface area contributed by atoms with E-state index < -0.39 is 20.6 Å². The molecule has 0 radical (unpaired) electrons. The van der Waals surface area contributed by atoms with E-state index in [1.54, 1.807) is 48.5 Å². The predicted octanol–water partition coefficient (Wildman–Crippen LogP) is 16.0. The highest BCUT2D eigenvalue weighted by molar-refractivity contribution is 6.14. The number of nitrogens with zero attached hydrogens (tertiary/aromatic N) is 6.